The van der Waals surface area contributed by atoms with Crippen molar-refractivity contribution in [2.45, 2.75) is 51.7 Å². The van der Waals surface area contributed by atoms with Crippen LogP contribution in [0.5, 0.6) is 0 Å². The summed E-state index contributed by atoms with van der Waals surface area (Å²) >= 11 is 0. The number of hydrogen-bond donors (Lipinski definition) is 2. The molecule has 2 fully saturated rings. The number of likely N-dealkylation sites (tertiary alicyclic amines) is 1. The van der Waals surface area contributed by atoms with E-state index in [2.05, 4.69) is 24.1 Å². The van der Waals surface area contributed by atoms with Crippen molar-refractivity contribution >= 4 is 0 Å². The quantitative estimate of drug-likeness (QED) is 0.764. The maximum absolute atomic E-state index is 9.26. The van der Waals surface area contributed by atoms with Gasteiger partial charge >= 0.3 is 0 Å². The number of aliphatic hydroxyl groups excluding tert-OH is 1. The first-order valence-electron chi connectivity index (χ1n) is 7.32. The Kier molecular flexibility index (Phi) is 4.83. The minimum absolute atomic E-state index is 0.0117. The molecule has 0 aromatic carbocycles. The molecular formula is C14H28N2O. The van der Waals surface area contributed by atoms with E-state index in [1.807, 2.05) is 0 Å². The molecule has 1 heterocycles. The molecule has 2 atom stereocenters. The molecule has 1 aliphatic carbocycles. The Bertz CT molecular complexity index is 228. The van der Waals surface area contributed by atoms with Gasteiger partial charge in [-0.25, -0.2) is 0 Å². The summed E-state index contributed by atoms with van der Waals surface area (Å²) in [5, 5.41) is 12.9. The molecule has 2 aliphatic rings. The van der Waals surface area contributed by atoms with Crippen molar-refractivity contribution in [2.24, 2.45) is 11.8 Å². The SMILES string of the molecule is CCN1CCCC(C(C)NCC2CC(O)C2)C1. The summed E-state index contributed by atoms with van der Waals surface area (Å²) in [6.45, 7) is 9.43. The lowest BCUT2D eigenvalue weighted by atomic mass is 9.82. The molecule has 2 N–H and O–H groups in total. The van der Waals surface area contributed by atoms with E-state index in [1.165, 1.54) is 32.5 Å². The predicted octanol–water partition coefficient (Wildman–Crippen LogP) is 1.47. The van der Waals surface area contributed by atoms with E-state index >= 15 is 0 Å². The van der Waals surface area contributed by atoms with Gasteiger partial charge in [-0.1, -0.05) is 6.92 Å². The molecule has 0 spiro atoms. The van der Waals surface area contributed by atoms with Crippen LogP contribution in [0.2, 0.25) is 0 Å². The van der Waals surface area contributed by atoms with Crippen LogP contribution in [0.25, 0.3) is 0 Å². The van der Waals surface area contributed by atoms with E-state index in [0.717, 1.165) is 31.2 Å². The second-order valence-corrected chi connectivity index (χ2v) is 5.98. The maximum Gasteiger partial charge on any atom is 0.0546 e. The molecule has 3 nitrogen and oxygen atoms in total. The van der Waals surface area contributed by atoms with Gasteiger partial charge in [0, 0.05) is 12.6 Å². The highest BCUT2D eigenvalue weighted by Gasteiger charge is 2.29. The Labute approximate surface area is 106 Å². The van der Waals surface area contributed by atoms with Crippen molar-refractivity contribution < 1.29 is 5.11 Å². The molecular weight excluding hydrogens is 212 g/mol. The molecule has 0 aromatic heterocycles. The lowest BCUT2D eigenvalue weighted by Crippen LogP contribution is -2.47. The zero-order chi connectivity index (χ0) is 12.3. The summed E-state index contributed by atoms with van der Waals surface area (Å²) in [7, 11) is 0. The molecule has 2 rings (SSSR count). The Morgan fingerprint density at radius 1 is 1.41 bits per heavy atom. The minimum Gasteiger partial charge on any atom is -0.393 e. The average molecular weight is 240 g/mol. The average Bonchev–Trinajstić information content (AvgIpc) is 2.33. The molecule has 0 radical (unpaired) electrons. The van der Waals surface area contributed by atoms with Gasteiger partial charge < -0.3 is 15.3 Å². The second-order valence-electron chi connectivity index (χ2n) is 5.98. The van der Waals surface area contributed by atoms with Gasteiger partial charge in [-0.05, 0) is 64.1 Å². The second kappa shape index (κ2) is 6.17. The Hall–Kier alpha value is -0.120. The van der Waals surface area contributed by atoms with Crippen LogP contribution < -0.4 is 5.32 Å². The number of hydrogen-bond acceptors (Lipinski definition) is 3. The smallest absolute Gasteiger partial charge is 0.0546 e. The zero-order valence-corrected chi connectivity index (χ0v) is 11.4. The van der Waals surface area contributed by atoms with Gasteiger partial charge in [-0.15, -0.1) is 0 Å². The summed E-state index contributed by atoms with van der Waals surface area (Å²) in [6.07, 6.45) is 4.73. The summed E-state index contributed by atoms with van der Waals surface area (Å²) in [6, 6.07) is 0.627. The van der Waals surface area contributed by atoms with Gasteiger partial charge in [-0.2, -0.15) is 0 Å². The molecule has 1 saturated heterocycles. The van der Waals surface area contributed by atoms with E-state index in [4.69, 9.17) is 0 Å². The van der Waals surface area contributed by atoms with Crippen molar-refractivity contribution in [3.63, 3.8) is 0 Å². The molecule has 0 aromatic rings. The first kappa shape index (κ1) is 13.3. The van der Waals surface area contributed by atoms with Crippen LogP contribution >= 0.6 is 0 Å². The number of rotatable bonds is 5. The lowest BCUT2D eigenvalue weighted by molar-refractivity contribution is 0.0400. The molecule has 0 amide bonds. The molecule has 17 heavy (non-hydrogen) atoms. The van der Waals surface area contributed by atoms with Gasteiger partial charge in [0.25, 0.3) is 0 Å². The molecule has 0 bridgehead atoms. The monoisotopic (exact) mass is 240 g/mol. The van der Waals surface area contributed by atoms with Gasteiger partial charge in [-0.3, -0.25) is 0 Å². The van der Waals surface area contributed by atoms with E-state index in [9.17, 15) is 5.11 Å². The zero-order valence-electron chi connectivity index (χ0n) is 11.4. The molecule has 1 aliphatic heterocycles. The summed E-state index contributed by atoms with van der Waals surface area (Å²) < 4.78 is 0. The largest absolute Gasteiger partial charge is 0.393 e. The van der Waals surface area contributed by atoms with Gasteiger partial charge in [0.1, 0.15) is 0 Å². The number of nitrogens with one attached hydrogen (secondary N) is 1. The first-order valence-corrected chi connectivity index (χ1v) is 7.32. The number of nitrogens with zero attached hydrogens (tertiary/aromatic N) is 1. The van der Waals surface area contributed by atoms with Crippen molar-refractivity contribution in [3.05, 3.63) is 0 Å². The van der Waals surface area contributed by atoms with E-state index in [1.54, 1.807) is 0 Å². The third kappa shape index (κ3) is 3.67. The fraction of sp³-hybridized carbons (Fsp3) is 1.00. The van der Waals surface area contributed by atoms with Crippen molar-refractivity contribution in [3.8, 4) is 0 Å². The van der Waals surface area contributed by atoms with Gasteiger partial charge in [0.05, 0.1) is 6.10 Å². The normalized spacial score (nSPS) is 36.5. The van der Waals surface area contributed by atoms with Crippen molar-refractivity contribution in [2.75, 3.05) is 26.2 Å². The third-order valence-electron chi connectivity index (χ3n) is 4.64. The Morgan fingerprint density at radius 3 is 2.82 bits per heavy atom. The van der Waals surface area contributed by atoms with Crippen molar-refractivity contribution in [1.29, 1.82) is 0 Å². The van der Waals surface area contributed by atoms with Crippen LogP contribution in [0.1, 0.15) is 39.5 Å². The number of piperidine rings is 1. The van der Waals surface area contributed by atoms with Gasteiger partial charge in [0.2, 0.25) is 0 Å². The van der Waals surface area contributed by atoms with Crippen LogP contribution in [0.3, 0.4) is 0 Å². The van der Waals surface area contributed by atoms with Crippen molar-refractivity contribution in [1.82, 2.24) is 10.2 Å². The predicted molar refractivity (Wildman–Crippen MR) is 71.0 cm³/mol. The molecule has 1 saturated carbocycles. The lowest BCUT2D eigenvalue weighted by Gasteiger charge is -2.37. The highest BCUT2D eigenvalue weighted by molar-refractivity contribution is 4.84. The number of aliphatic hydroxyl groups is 1. The van der Waals surface area contributed by atoms with E-state index < -0.39 is 0 Å². The minimum atomic E-state index is -0.0117. The van der Waals surface area contributed by atoms with Crippen LogP contribution in [0.4, 0.5) is 0 Å². The Morgan fingerprint density at radius 2 is 2.18 bits per heavy atom. The van der Waals surface area contributed by atoms with Crippen LogP contribution in [0, 0.1) is 11.8 Å². The van der Waals surface area contributed by atoms with Crippen LogP contribution in [-0.4, -0.2) is 48.3 Å². The topological polar surface area (TPSA) is 35.5 Å². The summed E-state index contributed by atoms with van der Waals surface area (Å²) in [4.78, 5) is 2.57. The standard InChI is InChI=1S/C14H28N2O/c1-3-16-6-4-5-13(10-16)11(2)15-9-12-7-14(17)8-12/h11-15,17H,3-10H2,1-2H3. The highest BCUT2D eigenvalue weighted by atomic mass is 16.3. The summed E-state index contributed by atoms with van der Waals surface area (Å²) in [5.74, 6) is 1.53. The molecule has 2 unspecified atom stereocenters. The fourth-order valence-electron chi connectivity index (χ4n) is 3.17. The fourth-order valence-corrected chi connectivity index (χ4v) is 3.17. The molecule has 100 valence electrons. The van der Waals surface area contributed by atoms with Crippen LogP contribution in [0.15, 0.2) is 0 Å². The van der Waals surface area contributed by atoms with Gasteiger partial charge in [0.15, 0.2) is 0 Å². The first-order chi connectivity index (χ1) is 8.19. The molecule has 3 heteroatoms. The third-order valence-corrected chi connectivity index (χ3v) is 4.64. The van der Waals surface area contributed by atoms with E-state index in [-0.39, 0.29) is 6.10 Å². The van der Waals surface area contributed by atoms with Crippen LogP contribution in [-0.2, 0) is 0 Å². The summed E-state index contributed by atoms with van der Waals surface area (Å²) in [5.41, 5.74) is 0. The highest BCUT2D eigenvalue weighted by Crippen LogP contribution is 2.27. The maximum atomic E-state index is 9.26. The van der Waals surface area contributed by atoms with E-state index in [0.29, 0.717) is 6.04 Å². The Balaban J connectivity index is 1.66.